The Labute approximate surface area is 98.6 Å². The van der Waals surface area contributed by atoms with Crippen LogP contribution in [-0.2, 0) is 0 Å². The van der Waals surface area contributed by atoms with Crippen molar-refractivity contribution in [2.24, 2.45) is 0 Å². The maximum atomic E-state index is 8.55. The molecular formula is C11H16BrNO2. The van der Waals surface area contributed by atoms with Crippen LogP contribution < -0.4 is 10.1 Å². The molecule has 4 heteroatoms. The Morgan fingerprint density at radius 2 is 2.20 bits per heavy atom. The number of rotatable bonds is 6. The topological polar surface area (TPSA) is 41.5 Å². The highest BCUT2D eigenvalue weighted by Crippen LogP contribution is 2.21. The lowest BCUT2D eigenvalue weighted by atomic mass is 10.2. The monoisotopic (exact) mass is 273 g/mol. The second-order valence-electron chi connectivity index (χ2n) is 3.23. The van der Waals surface area contributed by atoms with Crippen molar-refractivity contribution < 1.29 is 9.84 Å². The first-order valence-electron chi connectivity index (χ1n) is 4.94. The number of aryl methyl sites for hydroxylation is 1. The maximum Gasteiger partial charge on any atom is 0.122 e. The van der Waals surface area contributed by atoms with Gasteiger partial charge >= 0.3 is 0 Å². The summed E-state index contributed by atoms with van der Waals surface area (Å²) >= 11 is 3.40. The van der Waals surface area contributed by atoms with Crippen LogP contribution in [0, 0.1) is 6.92 Å². The van der Waals surface area contributed by atoms with Gasteiger partial charge in [-0.05, 0) is 30.7 Å². The number of hydrogen-bond acceptors (Lipinski definition) is 3. The Morgan fingerprint density at radius 3 is 2.87 bits per heavy atom. The van der Waals surface area contributed by atoms with Crippen molar-refractivity contribution in [3.05, 3.63) is 28.2 Å². The first-order chi connectivity index (χ1) is 7.24. The summed E-state index contributed by atoms with van der Waals surface area (Å²) in [7, 11) is 0. The normalized spacial score (nSPS) is 10.3. The van der Waals surface area contributed by atoms with Crippen LogP contribution >= 0.6 is 15.9 Å². The summed E-state index contributed by atoms with van der Waals surface area (Å²) in [5, 5.41) is 11.6. The highest BCUT2D eigenvalue weighted by atomic mass is 79.9. The van der Waals surface area contributed by atoms with Crippen molar-refractivity contribution >= 4 is 15.9 Å². The van der Waals surface area contributed by atoms with Gasteiger partial charge in [0, 0.05) is 17.6 Å². The molecule has 0 fully saturated rings. The molecule has 1 aromatic rings. The lowest BCUT2D eigenvalue weighted by Gasteiger charge is -2.09. The van der Waals surface area contributed by atoms with Crippen LogP contribution in [0.25, 0.3) is 0 Å². The summed E-state index contributed by atoms with van der Waals surface area (Å²) in [4.78, 5) is 0. The predicted molar refractivity (Wildman–Crippen MR) is 64.3 cm³/mol. The van der Waals surface area contributed by atoms with Crippen LogP contribution in [0.2, 0.25) is 0 Å². The van der Waals surface area contributed by atoms with E-state index in [2.05, 4.69) is 21.2 Å². The fraction of sp³-hybridized carbons (Fsp3) is 0.455. The number of halogens is 1. The van der Waals surface area contributed by atoms with E-state index in [0.717, 1.165) is 22.3 Å². The number of aliphatic hydroxyl groups excluding tert-OH is 1. The van der Waals surface area contributed by atoms with E-state index >= 15 is 0 Å². The molecule has 0 aromatic heterocycles. The van der Waals surface area contributed by atoms with E-state index in [0.29, 0.717) is 13.2 Å². The largest absolute Gasteiger partial charge is 0.492 e. The minimum atomic E-state index is 0.164. The highest BCUT2D eigenvalue weighted by molar-refractivity contribution is 9.10. The van der Waals surface area contributed by atoms with E-state index in [1.54, 1.807) is 0 Å². The van der Waals surface area contributed by atoms with Crippen molar-refractivity contribution in [3.8, 4) is 5.75 Å². The summed E-state index contributed by atoms with van der Waals surface area (Å²) in [6.45, 7) is 4.15. The fourth-order valence-corrected chi connectivity index (χ4v) is 1.69. The lowest BCUT2D eigenvalue weighted by molar-refractivity contribution is 0.275. The quantitative estimate of drug-likeness (QED) is 0.776. The van der Waals surface area contributed by atoms with Crippen LogP contribution in [0.5, 0.6) is 5.75 Å². The Bertz CT molecular complexity index is 305. The number of nitrogens with one attached hydrogen (secondary N) is 1. The third kappa shape index (κ3) is 4.64. The maximum absolute atomic E-state index is 8.55. The van der Waals surface area contributed by atoms with Crippen LogP contribution in [0.1, 0.15) is 5.56 Å². The third-order valence-corrected chi connectivity index (χ3v) is 2.46. The minimum absolute atomic E-state index is 0.164. The first-order valence-corrected chi connectivity index (χ1v) is 5.74. The smallest absolute Gasteiger partial charge is 0.122 e. The molecule has 15 heavy (non-hydrogen) atoms. The molecule has 0 saturated heterocycles. The van der Waals surface area contributed by atoms with Crippen molar-refractivity contribution in [2.45, 2.75) is 6.92 Å². The number of ether oxygens (including phenoxy) is 1. The molecule has 0 saturated carbocycles. The SMILES string of the molecule is Cc1cc(Br)ccc1OCCNCCO. The van der Waals surface area contributed by atoms with Gasteiger partial charge in [-0.1, -0.05) is 15.9 Å². The Kier molecular flexibility index (Phi) is 5.68. The molecule has 0 aliphatic rings. The summed E-state index contributed by atoms with van der Waals surface area (Å²) < 4.78 is 6.63. The summed E-state index contributed by atoms with van der Waals surface area (Å²) in [6.07, 6.45) is 0. The van der Waals surface area contributed by atoms with Gasteiger partial charge in [0.25, 0.3) is 0 Å². The average molecular weight is 274 g/mol. The summed E-state index contributed by atoms with van der Waals surface area (Å²) in [5.41, 5.74) is 1.12. The molecule has 0 amide bonds. The standard InChI is InChI=1S/C11H16BrNO2/c1-9-8-10(12)2-3-11(9)15-7-5-13-4-6-14/h2-3,8,13-14H,4-7H2,1H3. The molecule has 2 N–H and O–H groups in total. The van der Waals surface area contributed by atoms with Crippen molar-refractivity contribution in [3.63, 3.8) is 0 Å². The van der Waals surface area contributed by atoms with Gasteiger partial charge in [0.2, 0.25) is 0 Å². The summed E-state index contributed by atoms with van der Waals surface area (Å²) in [6, 6.07) is 5.94. The second-order valence-corrected chi connectivity index (χ2v) is 4.15. The molecular weight excluding hydrogens is 258 g/mol. The molecule has 0 spiro atoms. The lowest BCUT2D eigenvalue weighted by Crippen LogP contribution is -2.24. The van der Waals surface area contributed by atoms with Crippen molar-refractivity contribution in [1.29, 1.82) is 0 Å². The number of benzene rings is 1. The van der Waals surface area contributed by atoms with Gasteiger partial charge in [0.05, 0.1) is 6.61 Å². The zero-order chi connectivity index (χ0) is 11.1. The Morgan fingerprint density at radius 1 is 1.40 bits per heavy atom. The zero-order valence-electron chi connectivity index (χ0n) is 8.79. The van der Waals surface area contributed by atoms with Gasteiger partial charge in [-0.15, -0.1) is 0 Å². The Balaban J connectivity index is 2.31. The van der Waals surface area contributed by atoms with Gasteiger partial charge in [-0.2, -0.15) is 0 Å². The van der Waals surface area contributed by atoms with Gasteiger partial charge in [-0.25, -0.2) is 0 Å². The third-order valence-electron chi connectivity index (χ3n) is 1.96. The van der Waals surface area contributed by atoms with Gasteiger partial charge in [0.1, 0.15) is 12.4 Å². The van der Waals surface area contributed by atoms with E-state index in [4.69, 9.17) is 9.84 Å². The zero-order valence-corrected chi connectivity index (χ0v) is 10.4. The van der Waals surface area contributed by atoms with Gasteiger partial charge in [0.15, 0.2) is 0 Å². The fourth-order valence-electron chi connectivity index (χ4n) is 1.21. The van der Waals surface area contributed by atoms with Crippen LogP contribution in [0.4, 0.5) is 0 Å². The predicted octanol–water partition coefficient (Wildman–Crippen LogP) is 1.72. The molecule has 3 nitrogen and oxygen atoms in total. The van der Waals surface area contributed by atoms with Crippen LogP contribution in [-0.4, -0.2) is 31.4 Å². The van der Waals surface area contributed by atoms with Crippen molar-refractivity contribution in [1.82, 2.24) is 5.32 Å². The molecule has 0 atom stereocenters. The van der Waals surface area contributed by atoms with Crippen LogP contribution in [0.15, 0.2) is 22.7 Å². The minimum Gasteiger partial charge on any atom is -0.492 e. The molecule has 1 rings (SSSR count). The van der Waals surface area contributed by atoms with E-state index < -0.39 is 0 Å². The molecule has 0 unspecified atom stereocenters. The molecule has 0 aliphatic carbocycles. The molecule has 0 radical (unpaired) electrons. The molecule has 84 valence electrons. The highest BCUT2D eigenvalue weighted by Gasteiger charge is 1.99. The molecule has 0 heterocycles. The molecule has 0 aliphatic heterocycles. The van der Waals surface area contributed by atoms with E-state index in [9.17, 15) is 0 Å². The molecule has 1 aromatic carbocycles. The van der Waals surface area contributed by atoms with Crippen molar-refractivity contribution in [2.75, 3.05) is 26.3 Å². The van der Waals surface area contributed by atoms with E-state index in [1.807, 2.05) is 25.1 Å². The van der Waals surface area contributed by atoms with Gasteiger partial charge in [-0.3, -0.25) is 0 Å². The number of aliphatic hydroxyl groups is 1. The van der Waals surface area contributed by atoms with Crippen LogP contribution in [0.3, 0.4) is 0 Å². The first kappa shape index (κ1) is 12.5. The van der Waals surface area contributed by atoms with E-state index in [1.165, 1.54) is 0 Å². The van der Waals surface area contributed by atoms with Gasteiger partial charge < -0.3 is 15.2 Å². The Hall–Kier alpha value is -0.580. The summed E-state index contributed by atoms with van der Waals surface area (Å²) in [5.74, 6) is 0.906. The van der Waals surface area contributed by atoms with E-state index in [-0.39, 0.29) is 6.61 Å². The average Bonchev–Trinajstić information content (AvgIpc) is 2.20. The number of hydrogen-bond donors (Lipinski definition) is 2. The molecule has 0 bridgehead atoms. The second kappa shape index (κ2) is 6.82.